The molecule has 160 valence electrons. The minimum atomic E-state index is -0.774. The van der Waals surface area contributed by atoms with Gasteiger partial charge in [0.2, 0.25) is 0 Å². The normalized spacial score (nSPS) is 10.4. The molecule has 0 aliphatic carbocycles. The maximum atomic E-state index is 12.6. The molecule has 0 aliphatic rings. The van der Waals surface area contributed by atoms with Crippen molar-refractivity contribution < 1.29 is 19.2 Å². The lowest BCUT2D eigenvalue weighted by atomic mass is 10.1. The van der Waals surface area contributed by atoms with Gasteiger partial charge in [0, 0.05) is 33.3 Å². The molecular formula is C22H27N3O5. The maximum absolute atomic E-state index is 12.6. The number of hydrogen-bond donors (Lipinski definition) is 0. The zero-order valence-electron chi connectivity index (χ0n) is 17.8. The Labute approximate surface area is 176 Å². The van der Waals surface area contributed by atoms with Crippen LogP contribution in [0.25, 0.3) is 0 Å². The lowest BCUT2D eigenvalue weighted by Crippen LogP contribution is -2.34. The Hall–Kier alpha value is -3.42. The highest BCUT2D eigenvalue weighted by atomic mass is 16.6. The second-order valence-electron chi connectivity index (χ2n) is 7.23. The second-order valence-corrected chi connectivity index (χ2v) is 7.23. The van der Waals surface area contributed by atoms with Gasteiger partial charge in [-0.05, 0) is 31.0 Å². The first-order chi connectivity index (χ1) is 14.2. The number of esters is 1. The van der Waals surface area contributed by atoms with Gasteiger partial charge >= 0.3 is 5.97 Å². The molecule has 0 saturated heterocycles. The van der Waals surface area contributed by atoms with Crippen LogP contribution < -0.4 is 4.90 Å². The van der Waals surface area contributed by atoms with Gasteiger partial charge in [0.1, 0.15) is 5.69 Å². The summed E-state index contributed by atoms with van der Waals surface area (Å²) >= 11 is 0. The number of nitro groups is 1. The van der Waals surface area contributed by atoms with E-state index < -0.39 is 17.5 Å². The number of aryl methyl sites for hydroxylation is 1. The van der Waals surface area contributed by atoms with Gasteiger partial charge in [0.05, 0.1) is 10.5 Å². The predicted octanol–water partition coefficient (Wildman–Crippen LogP) is 3.56. The van der Waals surface area contributed by atoms with Gasteiger partial charge in [-0.1, -0.05) is 36.8 Å². The number of ether oxygens (including phenoxy) is 1. The fourth-order valence-corrected chi connectivity index (χ4v) is 2.95. The zero-order valence-corrected chi connectivity index (χ0v) is 17.8. The standard InChI is InChI=1S/C22H27N3O5/c1-5-12-24(14-17-8-6-16(2)7-9-17)21(26)15-30-22(27)18-10-11-19(23(3)4)20(13-18)25(28)29/h6-11,13H,5,12,14-15H2,1-4H3. The van der Waals surface area contributed by atoms with Crippen LogP contribution in [0.2, 0.25) is 0 Å². The van der Waals surface area contributed by atoms with Gasteiger partial charge in [-0.3, -0.25) is 14.9 Å². The minimum absolute atomic E-state index is 0.0284. The van der Waals surface area contributed by atoms with E-state index in [0.717, 1.165) is 23.6 Å². The van der Waals surface area contributed by atoms with Crippen molar-refractivity contribution in [1.82, 2.24) is 4.90 Å². The van der Waals surface area contributed by atoms with E-state index in [1.165, 1.54) is 12.1 Å². The zero-order chi connectivity index (χ0) is 22.3. The predicted molar refractivity (Wildman–Crippen MR) is 115 cm³/mol. The van der Waals surface area contributed by atoms with Gasteiger partial charge in [-0.25, -0.2) is 4.79 Å². The monoisotopic (exact) mass is 413 g/mol. The number of nitro benzene ring substituents is 1. The number of rotatable bonds is 9. The highest BCUT2D eigenvalue weighted by Gasteiger charge is 2.21. The van der Waals surface area contributed by atoms with E-state index in [1.54, 1.807) is 23.9 Å². The Morgan fingerprint density at radius 2 is 1.77 bits per heavy atom. The van der Waals surface area contributed by atoms with Crippen LogP contribution in [0.15, 0.2) is 42.5 Å². The van der Waals surface area contributed by atoms with Crippen LogP contribution in [0.4, 0.5) is 11.4 Å². The van der Waals surface area contributed by atoms with Crippen LogP contribution in [0, 0.1) is 17.0 Å². The van der Waals surface area contributed by atoms with Crippen LogP contribution in [-0.2, 0) is 16.1 Å². The highest BCUT2D eigenvalue weighted by molar-refractivity contribution is 5.93. The van der Waals surface area contributed by atoms with Crippen LogP contribution >= 0.6 is 0 Å². The van der Waals surface area contributed by atoms with E-state index in [4.69, 9.17) is 4.74 Å². The Bertz CT molecular complexity index is 909. The fourth-order valence-electron chi connectivity index (χ4n) is 2.95. The first-order valence-corrected chi connectivity index (χ1v) is 9.69. The number of amides is 1. The summed E-state index contributed by atoms with van der Waals surface area (Å²) in [4.78, 5) is 38.9. The number of benzene rings is 2. The number of carbonyl (C=O) groups excluding carboxylic acids is 2. The molecule has 8 heteroatoms. The summed E-state index contributed by atoms with van der Waals surface area (Å²) in [5.41, 5.74) is 2.33. The molecule has 2 aromatic rings. The summed E-state index contributed by atoms with van der Waals surface area (Å²) in [6, 6.07) is 12.0. The van der Waals surface area contributed by atoms with E-state index in [9.17, 15) is 19.7 Å². The Morgan fingerprint density at radius 3 is 2.33 bits per heavy atom. The first-order valence-electron chi connectivity index (χ1n) is 9.69. The lowest BCUT2D eigenvalue weighted by Gasteiger charge is -2.22. The maximum Gasteiger partial charge on any atom is 0.338 e. The van der Waals surface area contributed by atoms with Gasteiger partial charge in [-0.15, -0.1) is 0 Å². The summed E-state index contributed by atoms with van der Waals surface area (Å²) < 4.78 is 5.14. The van der Waals surface area contributed by atoms with E-state index in [-0.39, 0.29) is 17.2 Å². The first kappa shape index (κ1) is 22.9. The topological polar surface area (TPSA) is 93.0 Å². The van der Waals surface area contributed by atoms with Crippen molar-refractivity contribution in [2.45, 2.75) is 26.8 Å². The molecule has 0 spiro atoms. The van der Waals surface area contributed by atoms with Crippen LogP contribution in [0.5, 0.6) is 0 Å². The Balaban J connectivity index is 2.05. The molecule has 0 fully saturated rings. The number of nitrogens with zero attached hydrogens (tertiary/aromatic N) is 3. The van der Waals surface area contributed by atoms with Gasteiger partial charge in [-0.2, -0.15) is 0 Å². The molecular weight excluding hydrogens is 386 g/mol. The largest absolute Gasteiger partial charge is 0.452 e. The second kappa shape index (κ2) is 10.4. The van der Waals surface area contributed by atoms with Gasteiger partial charge in [0.15, 0.2) is 6.61 Å². The summed E-state index contributed by atoms with van der Waals surface area (Å²) in [5.74, 6) is -1.09. The molecule has 0 atom stereocenters. The molecule has 2 rings (SSSR count). The van der Waals surface area contributed by atoms with Crippen molar-refractivity contribution in [3.05, 3.63) is 69.3 Å². The molecule has 0 N–H and O–H groups in total. The summed E-state index contributed by atoms with van der Waals surface area (Å²) in [6.07, 6.45) is 0.768. The molecule has 0 saturated carbocycles. The van der Waals surface area contributed by atoms with Crippen molar-refractivity contribution in [2.24, 2.45) is 0 Å². The van der Waals surface area contributed by atoms with Crippen molar-refractivity contribution in [2.75, 3.05) is 32.1 Å². The molecule has 0 unspecified atom stereocenters. The third-order valence-corrected chi connectivity index (χ3v) is 4.56. The smallest absolute Gasteiger partial charge is 0.338 e. The number of carbonyl (C=O) groups is 2. The quantitative estimate of drug-likeness (QED) is 0.354. The third-order valence-electron chi connectivity index (χ3n) is 4.56. The molecule has 0 aromatic heterocycles. The van der Waals surface area contributed by atoms with E-state index in [2.05, 4.69) is 0 Å². The Morgan fingerprint density at radius 1 is 1.10 bits per heavy atom. The molecule has 1 amide bonds. The average molecular weight is 413 g/mol. The van der Waals surface area contributed by atoms with Crippen LogP contribution in [-0.4, -0.2) is 48.9 Å². The number of anilines is 1. The molecule has 0 heterocycles. The van der Waals surface area contributed by atoms with Crippen LogP contribution in [0.1, 0.15) is 34.8 Å². The van der Waals surface area contributed by atoms with Crippen molar-refractivity contribution in [3.63, 3.8) is 0 Å². The van der Waals surface area contributed by atoms with Crippen LogP contribution in [0.3, 0.4) is 0 Å². The van der Waals surface area contributed by atoms with Crippen molar-refractivity contribution in [1.29, 1.82) is 0 Å². The minimum Gasteiger partial charge on any atom is -0.452 e. The SMILES string of the molecule is CCCN(Cc1ccc(C)cc1)C(=O)COC(=O)c1ccc(N(C)C)c([N+](=O)[O-])c1. The fraction of sp³-hybridized carbons (Fsp3) is 0.364. The molecule has 0 radical (unpaired) electrons. The highest BCUT2D eigenvalue weighted by Crippen LogP contribution is 2.28. The third kappa shape index (κ3) is 6.04. The molecule has 2 aromatic carbocycles. The van der Waals surface area contributed by atoms with E-state index in [0.29, 0.717) is 18.8 Å². The molecule has 30 heavy (non-hydrogen) atoms. The lowest BCUT2D eigenvalue weighted by molar-refractivity contribution is -0.384. The molecule has 0 aliphatic heterocycles. The van der Waals surface area contributed by atoms with Gasteiger partial charge in [0.25, 0.3) is 11.6 Å². The van der Waals surface area contributed by atoms with E-state index >= 15 is 0 Å². The summed E-state index contributed by atoms with van der Waals surface area (Å²) in [5, 5.41) is 11.3. The Kier molecular flexibility index (Phi) is 7.91. The van der Waals surface area contributed by atoms with E-state index in [1.807, 2.05) is 38.1 Å². The van der Waals surface area contributed by atoms with Crippen molar-refractivity contribution in [3.8, 4) is 0 Å². The summed E-state index contributed by atoms with van der Waals surface area (Å²) in [6.45, 7) is 4.50. The number of hydrogen-bond acceptors (Lipinski definition) is 6. The summed E-state index contributed by atoms with van der Waals surface area (Å²) in [7, 11) is 3.35. The molecule has 8 nitrogen and oxygen atoms in total. The molecule has 0 bridgehead atoms. The van der Waals surface area contributed by atoms with Gasteiger partial charge < -0.3 is 14.5 Å². The average Bonchev–Trinajstić information content (AvgIpc) is 2.72. The van der Waals surface area contributed by atoms with Crippen molar-refractivity contribution >= 4 is 23.3 Å².